The monoisotopic (exact) mass is 327 g/mol. The number of rotatable bonds is 3. The van der Waals surface area contributed by atoms with Crippen molar-refractivity contribution in [3.8, 4) is 0 Å². The molecule has 0 bridgehead atoms. The van der Waals surface area contributed by atoms with Crippen LogP contribution in [0.1, 0.15) is 12.6 Å². The first-order valence-corrected chi connectivity index (χ1v) is 7.57. The zero-order valence-corrected chi connectivity index (χ0v) is 13.0. The fraction of sp³-hybridized carbons (Fsp3) is 0.583. The number of nitrogens with one attached hydrogen (secondary N) is 1. The number of aliphatic hydroxyl groups excluding tert-OH is 1. The van der Waals surface area contributed by atoms with Crippen LogP contribution in [0.4, 0.5) is 5.95 Å². The van der Waals surface area contributed by atoms with Gasteiger partial charge >= 0.3 is 4.87 Å². The molecule has 0 amide bonds. The van der Waals surface area contributed by atoms with Crippen LogP contribution in [0.15, 0.2) is 9.59 Å². The summed E-state index contributed by atoms with van der Waals surface area (Å²) in [6.45, 7) is -0.131. The maximum Gasteiger partial charge on any atom is 0.311 e. The molecule has 1 aliphatic rings. The van der Waals surface area contributed by atoms with Gasteiger partial charge < -0.3 is 20.5 Å². The van der Waals surface area contributed by atoms with E-state index in [1.807, 2.05) is 19.0 Å². The maximum absolute atomic E-state index is 12.3. The zero-order chi connectivity index (χ0) is 16.0. The van der Waals surface area contributed by atoms with Crippen molar-refractivity contribution < 1.29 is 9.84 Å². The standard InChI is InChI=1S/C12H17N5O4S/c1-16(2)6-3-5(4-18)21-10(6)17-8-7(22-12(17)20)9(19)15-11(13)14-8/h5-6,10,18H,3-4H2,1-2H3,(H3,13,14,15,19)/t5-,6+,10+/m0/s1. The van der Waals surface area contributed by atoms with Crippen molar-refractivity contribution in [2.24, 2.45) is 0 Å². The van der Waals surface area contributed by atoms with E-state index in [9.17, 15) is 14.7 Å². The fourth-order valence-corrected chi connectivity index (χ4v) is 3.56. The molecule has 1 aliphatic heterocycles. The molecule has 10 heteroatoms. The second kappa shape index (κ2) is 5.47. The third kappa shape index (κ3) is 2.33. The van der Waals surface area contributed by atoms with Gasteiger partial charge in [-0.05, 0) is 20.5 Å². The minimum absolute atomic E-state index is 0.0536. The molecule has 0 radical (unpaired) electrons. The van der Waals surface area contributed by atoms with Crippen molar-refractivity contribution in [3.05, 3.63) is 20.0 Å². The van der Waals surface area contributed by atoms with E-state index < -0.39 is 11.8 Å². The van der Waals surface area contributed by atoms with Crippen LogP contribution < -0.4 is 16.2 Å². The normalized spacial score (nSPS) is 25.4. The second-order valence-electron chi connectivity index (χ2n) is 5.44. The van der Waals surface area contributed by atoms with Gasteiger partial charge in [0.05, 0.1) is 18.8 Å². The molecule has 0 unspecified atom stereocenters. The van der Waals surface area contributed by atoms with E-state index >= 15 is 0 Å². The van der Waals surface area contributed by atoms with Crippen molar-refractivity contribution in [1.82, 2.24) is 19.4 Å². The summed E-state index contributed by atoms with van der Waals surface area (Å²) in [5.41, 5.74) is 5.35. The number of aromatic amines is 1. The SMILES string of the molecule is CN(C)[C@@H]1C[C@@H](CO)O[C@H]1n1c(=O)sc2c(=O)[nH]c(N)nc21. The smallest absolute Gasteiger partial charge is 0.311 e. The number of fused-ring (bicyclic) bond motifs is 1. The van der Waals surface area contributed by atoms with Gasteiger partial charge in [0, 0.05) is 0 Å². The van der Waals surface area contributed by atoms with Crippen molar-refractivity contribution in [3.63, 3.8) is 0 Å². The Morgan fingerprint density at radius 2 is 2.27 bits per heavy atom. The number of hydrogen-bond donors (Lipinski definition) is 3. The Balaban J connectivity index is 2.19. The summed E-state index contributed by atoms with van der Waals surface area (Å²) in [5, 5.41) is 9.33. The van der Waals surface area contributed by atoms with Crippen LogP contribution in [0.3, 0.4) is 0 Å². The van der Waals surface area contributed by atoms with Crippen LogP contribution in [0.2, 0.25) is 0 Å². The molecule has 1 saturated heterocycles. The Morgan fingerprint density at radius 1 is 1.55 bits per heavy atom. The van der Waals surface area contributed by atoms with Gasteiger partial charge in [0.2, 0.25) is 5.95 Å². The number of nitrogens with zero attached hydrogens (tertiary/aromatic N) is 3. The highest BCUT2D eigenvalue weighted by atomic mass is 32.1. The summed E-state index contributed by atoms with van der Waals surface area (Å²) in [7, 11) is 3.74. The lowest BCUT2D eigenvalue weighted by atomic mass is 10.1. The van der Waals surface area contributed by atoms with E-state index in [0.717, 1.165) is 11.3 Å². The predicted molar refractivity (Wildman–Crippen MR) is 82.0 cm³/mol. The molecule has 3 rings (SSSR count). The number of aromatic nitrogens is 3. The largest absolute Gasteiger partial charge is 0.394 e. The van der Waals surface area contributed by atoms with Crippen molar-refractivity contribution in [2.45, 2.75) is 24.8 Å². The van der Waals surface area contributed by atoms with Gasteiger partial charge in [0.1, 0.15) is 4.70 Å². The summed E-state index contributed by atoms with van der Waals surface area (Å²) in [4.78, 5) is 32.3. The molecule has 2 aromatic heterocycles. The average Bonchev–Trinajstić information content (AvgIpc) is 2.99. The van der Waals surface area contributed by atoms with Crippen molar-refractivity contribution >= 4 is 27.6 Å². The highest BCUT2D eigenvalue weighted by Gasteiger charge is 2.39. The van der Waals surface area contributed by atoms with Gasteiger partial charge in [-0.15, -0.1) is 0 Å². The number of likely N-dealkylation sites (N-methyl/N-ethyl adjacent to an activating group) is 1. The average molecular weight is 327 g/mol. The lowest BCUT2D eigenvalue weighted by Gasteiger charge is -2.25. The summed E-state index contributed by atoms with van der Waals surface area (Å²) >= 11 is 0.808. The minimum atomic E-state index is -0.623. The molecule has 2 aromatic rings. The number of hydrogen-bond acceptors (Lipinski definition) is 8. The topological polar surface area (TPSA) is 126 Å². The lowest BCUT2D eigenvalue weighted by Crippen LogP contribution is -2.36. The number of nitrogens with two attached hydrogens (primary N) is 1. The fourth-order valence-electron chi connectivity index (χ4n) is 2.72. The molecule has 3 heterocycles. The second-order valence-corrected chi connectivity index (χ2v) is 6.40. The van der Waals surface area contributed by atoms with E-state index in [1.54, 1.807) is 0 Å². The molecule has 0 aliphatic carbocycles. The molecular weight excluding hydrogens is 310 g/mol. The van der Waals surface area contributed by atoms with Gasteiger partial charge in [-0.1, -0.05) is 11.3 Å². The quantitative estimate of drug-likeness (QED) is 0.656. The van der Waals surface area contributed by atoms with Crippen LogP contribution in [0.25, 0.3) is 10.3 Å². The van der Waals surface area contributed by atoms with Crippen LogP contribution in [-0.4, -0.2) is 57.4 Å². The number of aliphatic hydroxyl groups is 1. The summed E-state index contributed by atoms with van der Waals surface area (Å²) in [6.07, 6.45) is -0.405. The summed E-state index contributed by atoms with van der Waals surface area (Å²) in [5.74, 6) is -0.0536. The lowest BCUT2D eigenvalue weighted by molar-refractivity contribution is -0.0355. The molecule has 0 saturated carbocycles. The molecule has 4 N–H and O–H groups in total. The third-order valence-corrected chi connectivity index (χ3v) is 4.72. The molecule has 9 nitrogen and oxygen atoms in total. The van der Waals surface area contributed by atoms with Gasteiger partial charge in [-0.2, -0.15) is 4.98 Å². The van der Waals surface area contributed by atoms with E-state index in [1.165, 1.54) is 4.57 Å². The van der Waals surface area contributed by atoms with Gasteiger partial charge in [-0.3, -0.25) is 19.1 Å². The first-order valence-electron chi connectivity index (χ1n) is 6.76. The summed E-state index contributed by atoms with van der Waals surface area (Å²) < 4.78 is 7.35. The minimum Gasteiger partial charge on any atom is -0.394 e. The predicted octanol–water partition coefficient (Wildman–Crippen LogP) is -1.06. The van der Waals surface area contributed by atoms with E-state index in [2.05, 4.69) is 9.97 Å². The zero-order valence-electron chi connectivity index (χ0n) is 12.1. The maximum atomic E-state index is 12.3. The molecule has 22 heavy (non-hydrogen) atoms. The number of H-pyrrole nitrogens is 1. The van der Waals surface area contributed by atoms with E-state index in [-0.39, 0.29) is 39.9 Å². The molecule has 3 atom stereocenters. The molecule has 120 valence electrons. The number of thiazole rings is 1. The Labute approximate surface area is 129 Å². The van der Waals surface area contributed by atoms with Gasteiger partial charge in [-0.25, -0.2) is 0 Å². The Morgan fingerprint density at radius 3 is 2.91 bits per heavy atom. The molecule has 0 spiro atoms. The van der Waals surface area contributed by atoms with Crippen molar-refractivity contribution in [2.75, 3.05) is 26.4 Å². The van der Waals surface area contributed by atoms with Crippen LogP contribution in [-0.2, 0) is 4.74 Å². The van der Waals surface area contributed by atoms with E-state index in [4.69, 9.17) is 10.5 Å². The number of nitrogen functional groups attached to an aromatic ring is 1. The van der Waals surface area contributed by atoms with Crippen LogP contribution in [0, 0.1) is 0 Å². The first-order chi connectivity index (χ1) is 10.4. The van der Waals surface area contributed by atoms with Gasteiger partial charge in [0.15, 0.2) is 11.9 Å². The molecule has 0 aromatic carbocycles. The van der Waals surface area contributed by atoms with Crippen molar-refractivity contribution in [1.29, 1.82) is 0 Å². The Bertz CT molecular complexity index is 810. The van der Waals surface area contributed by atoms with Crippen LogP contribution >= 0.6 is 11.3 Å². The highest BCUT2D eigenvalue weighted by molar-refractivity contribution is 7.16. The van der Waals surface area contributed by atoms with Gasteiger partial charge in [0.25, 0.3) is 5.56 Å². The Kier molecular flexibility index (Phi) is 3.77. The highest BCUT2D eigenvalue weighted by Crippen LogP contribution is 2.32. The number of anilines is 1. The van der Waals surface area contributed by atoms with Crippen LogP contribution in [0.5, 0.6) is 0 Å². The summed E-state index contributed by atoms with van der Waals surface area (Å²) in [6, 6.07) is -0.116. The first kappa shape index (κ1) is 15.2. The van der Waals surface area contributed by atoms with E-state index in [0.29, 0.717) is 6.42 Å². The molecule has 1 fully saturated rings. The molecular formula is C12H17N5O4S. The Hall–Kier alpha value is -1.75. The number of ether oxygens (including phenoxy) is 1. The third-order valence-electron chi connectivity index (χ3n) is 3.78.